The highest BCUT2D eigenvalue weighted by atomic mass is 19.4. The molecule has 1 unspecified atom stereocenters. The van der Waals surface area contributed by atoms with Crippen LogP contribution in [0.15, 0.2) is 23.0 Å². The number of hydrogen-bond acceptors (Lipinski definition) is 7. The maximum Gasteiger partial charge on any atom is 0.449 e. The zero-order valence-corrected chi connectivity index (χ0v) is 22.4. The molecule has 214 valence electrons. The van der Waals surface area contributed by atoms with Crippen molar-refractivity contribution in [2.75, 3.05) is 51.6 Å². The third-order valence-corrected chi connectivity index (χ3v) is 7.48. The lowest BCUT2D eigenvalue weighted by Gasteiger charge is -2.26. The first-order valence-corrected chi connectivity index (χ1v) is 13.8. The Balaban J connectivity index is 1.38. The Morgan fingerprint density at radius 3 is 2.56 bits per heavy atom. The van der Waals surface area contributed by atoms with E-state index >= 15 is 0 Å². The summed E-state index contributed by atoms with van der Waals surface area (Å²) < 4.78 is 42.1. The second kappa shape index (κ2) is 12.9. The highest BCUT2D eigenvalue weighted by Gasteiger charge is 2.42. The first-order chi connectivity index (χ1) is 18.6. The summed E-state index contributed by atoms with van der Waals surface area (Å²) in [5.74, 6) is -2.96. The van der Waals surface area contributed by atoms with Crippen LogP contribution in [0.25, 0.3) is 10.9 Å². The summed E-state index contributed by atoms with van der Waals surface area (Å²) in [7, 11) is 2.17. The van der Waals surface area contributed by atoms with Crippen molar-refractivity contribution in [1.29, 1.82) is 0 Å². The summed E-state index contributed by atoms with van der Waals surface area (Å²) >= 11 is 0. The molecule has 0 saturated carbocycles. The Hall–Kier alpha value is -2.99. The Morgan fingerprint density at radius 1 is 1.03 bits per heavy atom. The molecule has 0 spiro atoms. The van der Waals surface area contributed by atoms with Crippen molar-refractivity contribution < 1.29 is 22.8 Å². The number of likely N-dealkylation sites (N-methyl/N-ethyl adjacent to an activating group) is 1. The van der Waals surface area contributed by atoms with Gasteiger partial charge in [-0.2, -0.15) is 13.2 Å². The van der Waals surface area contributed by atoms with Gasteiger partial charge in [0.05, 0.1) is 10.9 Å². The van der Waals surface area contributed by atoms with Gasteiger partial charge >= 0.3 is 6.18 Å². The minimum absolute atomic E-state index is 0.00158. The van der Waals surface area contributed by atoms with E-state index in [9.17, 15) is 27.6 Å². The molecule has 2 saturated heterocycles. The predicted octanol–water partition coefficient (Wildman–Crippen LogP) is 3.39. The second-order valence-electron chi connectivity index (χ2n) is 10.5. The third-order valence-electron chi connectivity index (χ3n) is 7.48. The molecule has 2 amide bonds. The van der Waals surface area contributed by atoms with Crippen molar-refractivity contribution in [3.05, 3.63) is 34.4 Å². The number of hydrogen-bond donors (Lipinski definition) is 2. The number of aromatic nitrogens is 2. The molecule has 9 nitrogen and oxygen atoms in total. The maximum atomic E-state index is 13.9. The quantitative estimate of drug-likeness (QED) is 0.346. The van der Waals surface area contributed by atoms with E-state index in [1.807, 2.05) is 5.32 Å². The highest BCUT2D eigenvalue weighted by molar-refractivity contribution is 5.99. The smallest absolute Gasteiger partial charge is 0.384 e. The highest BCUT2D eigenvalue weighted by Crippen LogP contribution is 2.32. The molecule has 0 radical (unpaired) electrons. The molecule has 1 atom stereocenters. The number of fused-ring (bicyclic) bond motifs is 1. The molecule has 0 aliphatic carbocycles. The summed E-state index contributed by atoms with van der Waals surface area (Å²) in [6, 6.07) is 3.07. The number of nitrogens with zero attached hydrogens (tertiary/aromatic N) is 4. The Labute approximate surface area is 225 Å². The lowest BCUT2D eigenvalue weighted by atomic mass is 10.0. The summed E-state index contributed by atoms with van der Waals surface area (Å²) in [5, 5.41) is 5.21. The van der Waals surface area contributed by atoms with Gasteiger partial charge in [-0.3, -0.25) is 24.3 Å². The van der Waals surface area contributed by atoms with E-state index in [-0.39, 0.29) is 23.7 Å². The molecule has 2 aliphatic rings. The zero-order valence-electron chi connectivity index (χ0n) is 22.4. The van der Waals surface area contributed by atoms with E-state index in [4.69, 9.17) is 0 Å². The van der Waals surface area contributed by atoms with Gasteiger partial charge in [0.15, 0.2) is 0 Å². The molecular formula is C27H37F3N6O3. The number of piperidine rings is 1. The second-order valence-corrected chi connectivity index (χ2v) is 10.5. The minimum atomic E-state index is -4.96. The van der Waals surface area contributed by atoms with Crippen LogP contribution in [0.3, 0.4) is 0 Å². The van der Waals surface area contributed by atoms with Crippen molar-refractivity contribution >= 4 is 28.4 Å². The van der Waals surface area contributed by atoms with Crippen LogP contribution in [0.1, 0.15) is 63.2 Å². The number of halogens is 3. The molecule has 3 heterocycles. The number of rotatable bonds is 10. The normalized spacial score (nSPS) is 19.7. The van der Waals surface area contributed by atoms with Gasteiger partial charge in [-0.05, 0) is 64.5 Å². The molecule has 2 aliphatic heterocycles. The van der Waals surface area contributed by atoms with E-state index < -0.39 is 35.4 Å². The summed E-state index contributed by atoms with van der Waals surface area (Å²) in [4.78, 5) is 46.0. The fourth-order valence-electron chi connectivity index (χ4n) is 5.34. The van der Waals surface area contributed by atoms with Gasteiger partial charge in [-0.25, -0.2) is 4.98 Å². The van der Waals surface area contributed by atoms with Gasteiger partial charge in [0, 0.05) is 31.7 Å². The number of carbonyl (C=O) groups is 2. The molecule has 2 aromatic rings. The molecular weight excluding hydrogens is 513 g/mol. The minimum Gasteiger partial charge on any atom is -0.384 e. The van der Waals surface area contributed by atoms with Crippen LogP contribution in [0.2, 0.25) is 0 Å². The van der Waals surface area contributed by atoms with Crippen LogP contribution < -0.4 is 16.2 Å². The number of anilines is 1. The summed E-state index contributed by atoms with van der Waals surface area (Å²) in [6.07, 6.45) is 1.12. The number of benzene rings is 1. The van der Waals surface area contributed by atoms with Crippen molar-refractivity contribution in [2.45, 2.75) is 63.6 Å². The van der Waals surface area contributed by atoms with E-state index in [1.54, 1.807) is 12.1 Å². The topological polar surface area (TPSA) is 99.6 Å². The van der Waals surface area contributed by atoms with Gasteiger partial charge in [0.1, 0.15) is 6.04 Å². The van der Waals surface area contributed by atoms with E-state index in [1.165, 1.54) is 12.5 Å². The molecule has 4 rings (SSSR count). The molecule has 1 aromatic carbocycles. The van der Waals surface area contributed by atoms with E-state index in [0.29, 0.717) is 16.8 Å². The van der Waals surface area contributed by atoms with Crippen LogP contribution in [0, 0.1) is 0 Å². The molecule has 12 heteroatoms. The lowest BCUT2D eigenvalue weighted by Crippen LogP contribution is -2.46. The Morgan fingerprint density at radius 2 is 1.79 bits per heavy atom. The number of nitrogens with one attached hydrogen (secondary N) is 2. The van der Waals surface area contributed by atoms with Crippen LogP contribution >= 0.6 is 0 Å². The summed E-state index contributed by atoms with van der Waals surface area (Å²) in [6.45, 7) is 6.22. The van der Waals surface area contributed by atoms with Crippen LogP contribution in [-0.4, -0.2) is 77.5 Å². The number of unbranched alkanes of at least 4 members (excludes halogenated alkanes) is 4. The SMILES string of the molecule is CN1CCCN(CCCCCCCNc2cccc3nc(C(F)(F)F)n(C4CCC(=O)NC4=O)c(=O)c23)CC1. The third kappa shape index (κ3) is 7.36. The fraction of sp³-hybridized carbons (Fsp3) is 0.630. The number of amides is 2. The fourth-order valence-corrected chi connectivity index (χ4v) is 5.34. The van der Waals surface area contributed by atoms with Gasteiger partial charge in [-0.1, -0.05) is 25.3 Å². The van der Waals surface area contributed by atoms with Crippen LogP contribution in [0.4, 0.5) is 18.9 Å². The van der Waals surface area contributed by atoms with Gasteiger partial charge in [0.25, 0.3) is 5.56 Å². The van der Waals surface area contributed by atoms with Crippen molar-refractivity contribution in [3.8, 4) is 0 Å². The zero-order chi connectivity index (χ0) is 28.0. The van der Waals surface area contributed by atoms with Gasteiger partial charge in [-0.15, -0.1) is 0 Å². The van der Waals surface area contributed by atoms with Crippen LogP contribution in [0.5, 0.6) is 0 Å². The number of carbonyl (C=O) groups excluding carboxylic acids is 2. The summed E-state index contributed by atoms with van der Waals surface area (Å²) in [5.41, 5.74) is -0.670. The average molecular weight is 551 g/mol. The predicted molar refractivity (Wildman–Crippen MR) is 143 cm³/mol. The Bertz CT molecular complexity index is 1230. The van der Waals surface area contributed by atoms with Crippen molar-refractivity contribution in [1.82, 2.24) is 24.7 Å². The monoisotopic (exact) mass is 550 g/mol. The molecule has 2 fully saturated rings. The first kappa shape index (κ1) is 29.0. The number of imide groups is 1. The van der Waals surface area contributed by atoms with Gasteiger partial charge in [0.2, 0.25) is 17.6 Å². The maximum absolute atomic E-state index is 13.9. The standard InChI is InChI=1S/C27H37F3N6O3/c1-34-14-8-16-35(18-17-34)15-6-4-2-3-5-13-31-19-9-7-10-20-23(19)25(39)36(26(32-20)27(28,29)30)21-11-12-22(37)33-24(21)38/h7,9-10,21,31H,2-6,8,11-18H2,1H3,(H,33,37,38). The molecule has 0 bridgehead atoms. The van der Waals surface area contributed by atoms with Crippen LogP contribution in [-0.2, 0) is 15.8 Å². The molecule has 39 heavy (non-hydrogen) atoms. The number of alkyl halides is 3. The van der Waals surface area contributed by atoms with Gasteiger partial charge < -0.3 is 15.1 Å². The van der Waals surface area contributed by atoms with Crippen molar-refractivity contribution in [2.24, 2.45) is 0 Å². The lowest BCUT2D eigenvalue weighted by molar-refractivity contribution is -0.150. The van der Waals surface area contributed by atoms with E-state index in [2.05, 4.69) is 27.1 Å². The van der Waals surface area contributed by atoms with Crippen molar-refractivity contribution in [3.63, 3.8) is 0 Å². The average Bonchev–Trinajstić information content (AvgIpc) is 3.09. The first-order valence-electron chi connectivity index (χ1n) is 13.8. The molecule has 2 N–H and O–H groups in total. The molecule has 1 aromatic heterocycles. The largest absolute Gasteiger partial charge is 0.449 e. The Kier molecular flexibility index (Phi) is 9.60. The van der Waals surface area contributed by atoms with E-state index in [0.717, 1.165) is 64.8 Å².